The standard InChI is InChI=1S/C11H14ClNO2.C2H5NO2/c1-3-8-5-4-6-9(12)10(8)13-7(2)11(14)15;3-1-2(4)5/h4-7,13H,3H2,1-2H3,(H,14,15);1,3H2,(H,4,5)/t7-;/m0./s1. The average molecular weight is 303 g/mol. The predicted octanol–water partition coefficient (Wildman–Crippen LogP) is 1.82. The van der Waals surface area contributed by atoms with Crippen molar-refractivity contribution in [3.05, 3.63) is 28.8 Å². The van der Waals surface area contributed by atoms with Crippen LogP contribution in [0.15, 0.2) is 18.2 Å². The maximum atomic E-state index is 10.7. The van der Waals surface area contributed by atoms with Crippen molar-refractivity contribution in [1.29, 1.82) is 0 Å². The van der Waals surface area contributed by atoms with Gasteiger partial charge in [-0.2, -0.15) is 0 Å². The summed E-state index contributed by atoms with van der Waals surface area (Å²) in [6.45, 7) is 3.31. The van der Waals surface area contributed by atoms with Crippen molar-refractivity contribution < 1.29 is 19.8 Å². The van der Waals surface area contributed by atoms with Gasteiger partial charge in [0.1, 0.15) is 6.04 Å². The maximum Gasteiger partial charge on any atom is 0.325 e. The topological polar surface area (TPSA) is 113 Å². The van der Waals surface area contributed by atoms with Crippen molar-refractivity contribution in [2.24, 2.45) is 5.73 Å². The number of anilines is 1. The number of nitrogens with one attached hydrogen (secondary N) is 1. The third kappa shape index (κ3) is 6.40. The Balaban J connectivity index is 0.000000621. The molecule has 0 amide bonds. The molecule has 0 aliphatic rings. The van der Waals surface area contributed by atoms with Crippen LogP contribution < -0.4 is 11.1 Å². The van der Waals surface area contributed by atoms with Crippen molar-refractivity contribution in [2.75, 3.05) is 11.9 Å². The van der Waals surface area contributed by atoms with Crippen molar-refractivity contribution >= 4 is 29.2 Å². The first-order chi connectivity index (χ1) is 9.33. The Morgan fingerprint density at radius 2 is 1.95 bits per heavy atom. The summed E-state index contributed by atoms with van der Waals surface area (Å²) in [5.74, 6) is -1.86. The van der Waals surface area contributed by atoms with Gasteiger partial charge in [-0.1, -0.05) is 30.7 Å². The number of carboxylic acid groups (broad SMARTS) is 2. The summed E-state index contributed by atoms with van der Waals surface area (Å²) in [6.07, 6.45) is 0.815. The van der Waals surface area contributed by atoms with E-state index in [1.165, 1.54) is 0 Å². The van der Waals surface area contributed by atoms with Gasteiger partial charge in [0.15, 0.2) is 0 Å². The summed E-state index contributed by atoms with van der Waals surface area (Å²) in [4.78, 5) is 20.0. The van der Waals surface area contributed by atoms with Crippen molar-refractivity contribution in [3.8, 4) is 0 Å². The zero-order valence-electron chi connectivity index (χ0n) is 11.4. The molecule has 1 atom stereocenters. The molecule has 0 bridgehead atoms. The first kappa shape index (κ1) is 18.2. The van der Waals surface area contributed by atoms with Crippen LogP contribution in [0.1, 0.15) is 19.4 Å². The van der Waals surface area contributed by atoms with E-state index in [0.717, 1.165) is 17.7 Å². The molecular weight excluding hydrogens is 284 g/mol. The molecule has 5 N–H and O–H groups in total. The molecule has 0 heterocycles. The minimum Gasteiger partial charge on any atom is -0.480 e. The third-order valence-corrected chi connectivity index (χ3v) is 2.70. The van der Waals surface area contributed by atoms with E-state index in [0.29, 0.717) is 5.02 Å². The zero-order chi connectivity index (χ0) is 15.7. The molecule has 7 heteroatoms. The summed E-state index contributed by atoms with van der Waals surface area (Å²) >= 11 is 6.00. The van der Waals surface area contributed by atoms with Gasteiger partial charge < -0.3 is 21.3 Å². The van der Waals surface area contributed by atoms with Gasteiger partial charge in [0.2, 0.25) is 0 Å². The van der Waals surface area contributed by atoms with Gasteiger partial charge in [0, 0.05) is 0 Å². The lowest BCUT2D eigenvalue weighted by Gasteiger charge is -2.15. The smallest absolute Gasteiger partial charge is 0.325 e. The van der Waals surface area contributed by atoms with Crippen molar-refractivity contribution in [2.45, 2.75) is 26.3 Å². The summed E-state index contributed by atoms with van der Waals surface area (Å²) < 4.78 is 0. The number of aliphatic carboxylic acids is 2. The number of hydrogen-bond acceptors (Lipinski definition) is 4. The van der Waals surface area contributed by atoms with E-state index >= 15 is 0 Å². The number of aryl methyl sites for hydroxylation is 1. The number of nitrogens with two attached hydrogens (primary N) is 1. The lowest BCUT2D eigenvalue weighted by molar-refractivity contribution is -0.137. The van der Waals surface area contributed by atoms with Gasteiger partial charge >= 0.3 is 11.9 Å². The Morgan fingerprint density at radius 3 is 2.35 bits per heavy atom. The second-order valence-corrected chi connectivity index (χ2v) is 4.34. The van der Waals surface area contributed by atoms with E-state index in [4.69, 9.17) is 21.8 Å². The Hall–Kier alpha value is -1.79. The highest BCUT2D eigenvalue weighted by atomic mass is 35.5. The van der Waals surface area contributed by atoms with E-state index in [9.17, 15) is 9.59 Å². The molecule has 0 aliphatic heterocycles. The third-order valence-electron chi connectivity index (χ3n) is 2.39. The Kier molecular flexibility index (Phi) is 8.35. The molecule has 0 aromatic heterocycles. The average Bonchev–Trinajstić information content (AvgIpc) is 2.41. The first-order valence-corrected chi connectivity index (χ1v) is 6.39. The fraction of sp³-hybridized carbons (Fsp3) is 0.385. The molecule has 0 radical (unpaired) electrons. The number of benzene rings is 1. The fourth-order valence-electron chi connectivity index (χ4n) is 1.30. The molecule has 6 nitrogen and oxygen atoms in total. The van der Waals surface area contributed by atoms with Gasteiger partial charge in [-0.05, 0) is 25.0 Å². The highest BCUT2D eigenvalue weighted by molar-refractivity contribution is 6.33. The van der Waals surface area contributed by atoms with Crippen LogP contribution in [-0.2, 0) is 16.0 Å². The van der Waals surface area contributed by atoms with Crippen LogP contribution in [0, 0.1) is 0 Å². The van der Waals surface area contributed by atoms with E-state index in [1.807, 2.05) is 19.1 Å². The summed E-state index contributed by atoms with van der Waals surface area (Å²) in [5.41, 5.74) is 6.31. The van der Waals surface area contributed by atoms with E-state index in [-0.39, 0.29) is 6.54 Å². The highest BCUT2D eigenvalue weighted by Crippen LogP contribution is 2.26. The van der Waals surface area contributed by atoms with E-state index in [2.05, 4.69) is 11.1 Å². The van der Waals surface area contributed by atoms with E-state index in [1.54, 1.807) is 13.0 Å². The van der Waals surface area contributed by atoms with Crippen LogP contribution in [0.25, 0.3) is 0 Å². The maximum absolute atomic E-state index is 10.7. The van der Waals surface area contributed by atoms with Gasteiger partial charge in [-0.15, -0.1) is 0 Å². The molecule has 1 aromatic carbocycles. The van der Waals surface area contributed by atoms with Crippen LogP contribution in [0.3, 0.4) is 0 Å². The normalized spacial score (nSPS) is 11.0. The number of carbonyl (C=O) groups is 2. The lowest BCUT2D eigenvalue weighted by Crippen LogP contribution is -2.26. The predicted molar refractivity (Wildman–Crippen MR) is 78.2 cm³/mol. The Labute approximate surface area is 122 Å². The quantitative estimate of drug-likeness (QED) is 0.660. The van der Waals surface area contributed by atoms with Crippen LogP contribution in [-0.4, -0.2) is 34.7 Å². The molecule has 0 saturated carbocycles. The summed E-state index contributed by atoms with van der Waals surface area (Å²) in [6, 6.07) is 4.90. The highest BCUT2D eigenvalue weighted by Gasteiger charge is 2.13. The monoisotopic (exact) mass is 302 g/mol. The second-order valence-electron chi connectivity index (χ2n) is 3.93. The van der Waals surface area contributed by atoms with Crippen LogP contribution in [0.2, 0.25) is 5.02 Å². The SMILES string of the molecule is CCc1cccc(Cl)c1N[C@@H](C)C(=O)O.NCC(=O)O. The number of hydrogen-bond donors (Lipinski definition) is 4. The van der Waals surface area contributed by atoms with Crippen molar-refractivity contribution in [3.63, 3.8) is 0 Å². The molecule has 112 valence electrons. The molecule has 20 heavy (non-hydrogen) atoms. The zero-order valence-corrected chi connectivity index (χ0v) is 12.1. The van der Waals surface area contributed by atoms with E-state index < -0.39 is 18.0 Å². The molecule has 1 aromatic rings. The number of carboxylic acids is 2. The molecular formula is C13H19ClN2O4. The molecule has 0 fully saturated rings. The number of rotatable bonds is 5. The molecule has 0 aliphatic carbocycles. The molecule has 1 rings (SSSR count). The van der Waals surface area contributed by atoms with Crippen LogP contribution in [0.5, 0.6) is 0 Å². The van der Waals surface area contributed by atoms with Crippen LogP contribution >= 0.6 is 11.6 Å². The second kappa shape index (κ2) is 9.17. The first-order valence-electron chi connectivity index (χ1n) is 6.02. The Morgan fingerprint density at radius 1 is 1.40 bits per heavy atom. The largest absolute Gasteiger partial charge is 0.480 e. The minimum atomic E-state index is -0.968. The van der Waals surface area contributed by atoms with Gasteiger partial charge in [-0.25, -0.2) is 0 Å². The summed E-state index contributed by atoms with van der Waals surface area (Å²) in [5, 5.41) is 19.8. The summed E-state index contributed by atoms with van der Waals surface area (Å²) in [7, 11) is 0. The molecule has 0 saturated heterocycles. The van der Waals surface area contributed by atoms with Gasteiger partial charge in [0.25, 0.3) is 0 Å². The number of para-hydroxylation sites is 1. The fourth-order valence-corrected chi connectivity index (χ4v) is 1.55. The van der Waals surface area contributed by atoms with Gasteiger partial charge in [-0.3, -0.25) is 9.59 Å². The van der Waals surface area contributed by atoms with Crippen LogP contribution in [0.4, 0.5) is 5.69 Å². The molecule has 0 unspecified atom stereocenters. The van der Waals surface area contributed by atoms with Crippen molar-refractivity contribution in [1.82, 2.24) is 0 Å². The minimum absolute atomic E-state index is 0.278. The lowest BCUT2D eigenvalue weighted by atomic mass is 10.1. The number of halogens is 1. The van der Waals surface area contributed by atoms with Gasteiger partial charge in [0.05, 0.1) is 17.3 Å². The molecule has 0 spiro atoms. The Bertz CT molecular complexity index is 466.